The van der Waals surface area contributed by atoms with E-state index in [0.29, 0.717) is 36.5 Å². The zero-order chi connectivity index (χ0) is 18.3. The largest absolute Gasteiger partial charge is 0.355 e. The molecule has 6 nitrogen and oxygen atoms in total. The van der Waals surface area contributed by atoms with Gasteiger partial charge in [0.05, 0.1) is 5.75 Å². The summed E-state index contributed by atoms with van der Waals surface area (Å²) in [5.74, 6) is 1.21. The van der Waals surface area contributed by atoms with Crippen molar-refractivity contribution in [2.24, 2.45) is 10.9 Å². The summed E-state index contributed by atoms with van der Waals surface area (Å²) in [5, 5.41) is 3.81. The van der Waals surface area contributed by atoms with E-state index in [0.717, 1.165) is 18.4 Å². The van der Waals surface area contributed by atoms with Gasteiger partial charge >= 0.3 is 0 Å². The highest BCUT2D eigenvalue weighted by molar-refractivity contribution is 7.89. The fraction of sp³-hybridized carbons (Fsp3) is 0.588. The predicted molar refractivity (Wildman–Crippen MR) is 103 cm³/mol. The predicted octanol–water partition coefficient (Wildman–Crippen LogP) is 2.07. The topological polar surface area (TPSA) is 73.8 Å². The summed E-state index contributed by atoms with van der Waals surface area (Å²) in [6.45, 7) is 1.54. The fourth-order valence-electron chi connectivity index (χ4n) is 2.63. The molecular formula is C17H27ClN4O2S. The summed E-state index contributed by atoms with van der Waals surface area (Å²) >= 11 is 5.89. The Labute approximate surface area is 155 Å². The standard InChI is InChI=1S/C17H27ClN4O2S/c1-19-17(22(2)13-15-6-8-16(18)9-7-15)20-10-11-25(23,24)21-12-14-4-3-5-14/h6-9,14,21H,3-5,10-13H2,1-2H3,(H,19,20). The molecule has 0 heterocycles. The van der Waals surface area contributed by atoms with Crippen molar-refractivity contribution >= 4 is 27.6 Å². The molecule has 0 aliphatic heterocycles. The molecule has 8 heteroatoms. The number of aliphatic imine (C=N–C) groups is 1. The van der Waals surface area contributed by atoms with Gasteiger partial charge in [0.1, 0.15) is 0 Å². The van der Waals surface area contributed by atoms with Crippen LogP contribution in [-0.2, 0) is 16.6 Å². The molecule has 1 fully saturated rings. The summed E-state index contributed by atoms with van der Waals surface area (Å²) < 4.78 is 26.7. The molecule has 1 aromatic rings. The summed E-state index contributed by atoms with van der Waals surface area (Å²) in [5.41, 5.74) is 1.10. The van der Waals surface area contributed by atoms with Gasteiger partial charge in [-0.05, 0) is 36.5 Å². The first-order valence-corrected chi connectivity index (χ1v) is 10.6. The molecule has 0 unspecified atom stereocenters. The van der Waals surface area contributed by atoms with Crippen LogP contribution in [0.25, 0.3) is 0 Å². The molecule has 140 valence electrons. The molecule has 0 atom stereocenters. The van der Waals surface area contributed by atoms with Gasteiger partial charge in [-0.1, -0.05) is 30.2 Å². The molecule has 0 radical (unpaired) electrons. The van der Waals surface area contributed by atoms with Crippen LogP contribution >= 0.6 is 11.6 Å². The third-order valence-corrected chi connectivity index (χ3v) is 5.98. The molecule has 2 rings (SSSR count). The van der Waals surface area contributed by atoms with Crippen molar-refractivity contribution in [3.05, 3.63) is 34.9 Å². The van der Waals surface area contributed by atoms with Crippen LogP contribution in [0.3, 0.4) is 0 Å². The number of benzene rings is 1. The Morgan fingerprint density at radius 1 is 1.32 bits per heavy atom. The second kappa shape index (κ2) is 9.40. The monoisotopic (exact) mass is 386 g/mol. The van der Waals surface area contributed by atoms with Gasteiger partial charge < -0.3 is 10.2 Å². The third kappa shape index (κ3) is 6.84. The Bertz CT molecular complexity index is 672. The second-order valence-corrected chi connectivity index (χ2v) is 8.78. The molecule has 0 spiro atoms. The van der Waals surface area contributed by atoms with E-state index >= 15 is 0 Å². The molecule has 1 saturated carbocycles. The van der Waals surface area contributed by atoms with Crippen LogP contribution in [0.4, 0.5) is 0 Å². The van der Waals surface area contributed by atoms with E-state index in [1.165, 1.54) is 6.42 Å². The van der Waals surface area contributed by atoms with Crippen LogP contribution < -0.4 is 10.0 Å². The zero-order valence-electron chi connectivity index (χ0n) is 14.8. The maximum atomic E-state index is 12.0. The summed E-state index contributed by atoms with van der Waals surface area (Å²) in [4.78, 5) is 6.15. The number of nitrogens with one attached hydrogen (secondary N) is 2. The van der Waals surface area contributed by atoms with Crippen molar-refractivity contribution in [1.82, 2.24) is 14.9 Å². The highest BCUT2D eigenvalue weighted by atomic mass is 35.5. The van der Waals surface area contributed by atoms with Crippen molar-refractivity contribution in [3.63, 3.8) is 0 Å². The van der Waals surface area contributed by atoms with Crippen molar-refractivity contribution < 1.29 is 8.42 Å². The Hall–Kier alpha value is -1.31. The van der Waals surface area contributed by atoms with Gasteiger partial charge in [-0.15, -0.1) is 0 Å². The first kappa shape index (κ1) is 20.0. The van der Waals surface area contributed by atoms with Gasteiger partial charge in [0.15, 0.2) is 5.96 Å². The minimum atomic E-state index is -3.25. The van der Waals surface area contributed by atoms with Crippen molar-refractivity contribution in [2.45, 2.75) is 25.8 Å². The van der Waals surface area contributed by atoms with Crippen LogP contribution in [0.1, 0.15) is 24.8 Å². The average Bonchev–Trinajstić information content (AvgIpc) is 2.52. The smallest absolute Gasteiger partial charge is 0.213 e. The van der Waals surface area contributed by atoms with Crippen LogP contribution in [0.15, 0.2) is 29.3 Å². The van der Waals surface area contributed by atoms with E-state index in [4.69, 9.17) is 11.6 Å². The maximum Gasteiger partial charge on any atom is 0.213 e. The van der Waals surface area contributed by atoms with E-state index in [9.17, 15) is 8.42 Å². The van der Waals surface area contributed by atoms with Crippen molar-refractivity contribution in [1.29, 1.82) is 0 Å². The van der Waals surface area contributed by atoms with Crippen LogP contribution in [0.5, 0.6) is 0 Å². The first-order valence-electron chi connectivity index (χ1n) is 8.53. The summed E-state index contributed by atoms with van der Waals surface area (Å²) in [7, 11) is 0.348. The molecule has 0 bridgehead atoms. The Kier molecular flexibility index (Phi) is 7.53. The number of sulfonamides is 1. The van der Waals surface area contributed by atoms with Crippen LogP contribution in [0.2, 0.25) is 5.02 Å². The number of guanidine groups is 1. The lowest BCUT2D eigenvalue weighted by Crippen LogP contribution is -2.42. The SMILES string of the molecule is CN=C(NCCS(=O)(=O)NCC1CCC1)N(C)Cc1ccc(Cl)cc1. The zero-order valence-corrected chi connectivity index (χ0v) is 16.4. The Morgan fingerprint density at radius 2 is 2.00 bits per heavy atom. The number of rotatable bonds is 8. The van der Waals surface area contributed by atoms with Crippen LogP contribution in [-0.4, -0.2) is 52.2 Å². The van der Waals surface area contributed by atoms with Gasteiger partial charge in [0, 0.05) is 38.8 Å². The quantitative estimate of drug-likeness (QED) is 0.529. The molecule has 1 aliphatic rings. The number of halogens is 1. The lowest BCUT2D eigenvalue weighted by molar-refractivity contribution is 0.316. The maximum absolute atomic E-state index is 12.0. The highest BCUT2D eigenvalue weighted by Gasteiger charge is 2.20. The Balaban J connectivity index is 1.75. The lowest BCUT2D eigenvalue weighted by atomic mass is 9.86. The average molecular weight is 387 g/mol. The van der Waals surface area contributed by atoms with E-state index in [2.05, 4.69) is 15.0 Å². The van der Waals surface area contributed by atoms with Crippen LogP contribution in [0, 0.1) is 5.92 Å². The number of nitrogens with zero attached hydrogens (tertiary/aromatic N) is 2. The molecule has 1 aliphatic carbocycles. The van der Waals surface area contributed by atoms with E-state index in [-0.39, 0.29) is 5.75 Å². The second-order valence-electron chi connectivity index (χ2n) is 6.42. The first-order chi connectivity index (χ1) is 11.9. The normalized spacial score (nSPS) is 15.7. The highest BCUT2D eigenvalue weighted by Crippen LogP contribution is 2.25. The minimum Gasteiger partial charge on any atom is -0.355 e. The molecule has 25 heavy (non-hydrogen) atoms. The van der Waals surface area contributed by atoms with Gasteiger partial charge in [-0.25, -0.2) is 13.1 Å². The van der Waals surface area contributed by atoms with E-state index in [1.807, 2.05) is 36.2 Å². The molecule has 0 aromatic heterocycles. The number of hydrogen-bond acceptors (Lipinski definition) is 3. The lowest BCUT2D eigenvalue weighted by Gasteiger charge is -2.25. The molecular weight excluding hydrogens is 360 g/mol. The van der Waals surface area contributed by atoms with Gasteiger partial charge in [-0.2, -0.15) is 0 Å². The third-order valence-electron chi connectivity index (χ3n) is 4.38. The molecule has 0 saturated heterocycles. The fourth-order valence-corrected chi connectivity index (χ4v) is 3.77. The van der Waals surface area contributed by atoms with Crippen molar-refractivity contribution in [3.8, 4) is 0 Å². The van der Waals surface area contributed by atoms with Gasteiger partial charge in [-0.3, -0.25) is 4.99 Å². The van der Waals surface area contributed by atoms with Gasteiger partial charge in [0.2, 0.25) is 10.0 Å². The molecule has 2 N–H and O–H groups in total. The van der Waals surface area contributed by atoms with E-state index in [1.54, 1.807) is 7.05 Å². The summed E-state index contributed by atoms with van der Waals surface area (Å²) in [6, 6.07) is 7.62. The van der Waals surface area contributed by atoms with Crippen molar-refractivity contribution in [2.75, 3.05) is 32.9 Å². The number of hydrogen-bond donors (Lipinski definition) is 2. The summed E-state index contributed by atoms with van der Waals surface area (Å²) in [6.07, 6.45) is 3.47. The molecule has 1 aromatic carbocycles. The molecule has 0 amide bonds. The van der Waals surface area contributed by atoms with E-state index < -0.39 is 10.0 Å². The Morgan fingerprint density at radius 3 is 2.56 bits per heavy atom. The van der Waals surface area contributed by atoms with Gasteiger partial charge in [0.25, 0.3) is 0 Å². The minimum absolute atomic E-state index is 0.0352.